The predicted molar refractivity (Wildman–Crippen MR) is 212 cm³/mol. The second-order valence-electron chi connectivity index (χ2n) is 12.6. The third kappa shape index (κ3) is 5.24. The van der Waals surface area contributed by atoms with Crippen LogP contribution in [0.15, 0.2) is 206 Å². The lowest BCUT2D eigenvalue weighted by Crippen LogP contribution is -2.11. The number of anilines is 3. The molecule has 0 spiro atoms. The largest absolute Gasteiger partial charge is 0.309 e. The Morgan fingerprint density at radius 3 is 1.62 bits per heavy atom. The second-order valence-corrected chi connectivity index (χ2v) is 12.6. The molecule has 0 saturated heterocycles. The maximum Gasteiger partial charge on any atom is 0.0562 e. The number of aromatic nitrogens is 1. The molecule has 0 bridgehead atoms. The normalized spacial score (nSPS) is 11.2. The van der Waals surface area contributed by atoms with E-state index in [9.17, 15) is 0 Å². The molecule has 236 valence electrons. The van der Waals surface area contributed by atoms with Gasteiger partial charge in [0.2, 0.25) is 0 Å². The highest BCUT2D eigenvalue weighted by atomic mass is 15.1. The molecule has 0 N–H and O–H groups in total. The van der Waals surface area contributed by atoms with Crippen molar-refractivity contribution in [2.24, 2.45) is 0 Å². The average molecular weight is 639 g/mol. The molecule has 0 aliphatic rings. The summed E-state index contributed by atoms with van der Waals surface area (Å²) in [6.45, 7) is 0. The van der Waals surface area contributed by atoms with Crippen molar-refractivity contribution in [2.75, 3.05) is 4.90 Å². The van der Waals surface area contributed by atoms with E-state index in [0.29, 0.717) is 0 Å². The lowest BCUT2D eigenvalue weighted by molar-refractivity contribution is 1.18. The summed E-state index contributed by atoms with van der Waals surface area (Å²) in [6, 6.07) is 74.1. The summed E-state index contributed by atoms with van der Waals surface area (Å²) in [6.07, 6.45) is 0. The molecule has 9 rings (SSSR count). The van der Waals surface area contributed by atoms with Crippen molar-refractivity contribution in [1.29, 1.82) is 0 Å². The molecule has 0 fully saturated rings. The Balaban J connectivity index is 1.30. The number of hydrogen-bond acceptors (Lipinski definition) is 1. The maximum absolute atomic E-state index is 2.45. The molecule has 2 heteroatoms. The van der Waals surface area contributed by atoms with Crippen molar-refractivity contribution in [1.82, 2.24) is 4.57 Å². The second kappa shape index (κ2) is 12.8. The summed E-state index contributed by atoms with van der Waals surface area (Å²) in [5, 5.41) is 2.43. The summed E-state index contributed by atoms with van der Waals surface area (Å²) in [5.74, 6) is 0. The Labute approximate surface area is 292 Å². The molecular weight excluding hydrogens is 605 g/mol. The number of benzene rings is 8. The minimum absolute atomic E-state index is 1.10. The standard InChI is InChI=1S/C48H34N2/c1-4-16-35(17-5-1)37-30-32-41(33-31-37)50(44-26-12-10-24-42(44)39-21-14-20-38(34-39)36-18-6-2-7-19-36)47-29-15-28-46-48(47)43-25-11-13-27-45(43)49(46)40-22-8-3-9-23-40/h1-34H. The van der Waals surface area contributed by atoms with Crippen molar-refractivity contribution >= 4 is 38.9 Å². The van der Waals surface area contributed by atoms with Gasteiger partial charge in [-0.05, 0) is 82.4 Å². The molecule has 2 nitrogen and oxygen atoms in total. The van der Waals surface area contributed by atoms with Gasteiger partial charge in [0.15, 0.2) is 0 Å². The fourth-order valence-corrected chi connectivity index (χ4v) is 7.29. The van der Waals surface area contributed by atoms with Gasteiger partial charge in [-0.1, -0.05) is 152 Å². The van der Waals surface area contributed by atoms with E-state index in [4.69, 9.17) is 0 Å². The first-order chi connectivity index (χ1) is 24.8. The van der Waals surface area contributed by atoms with Gasteiger partial charge in [0, 0.05) is 27.7 Å². The van der Waals surface area contributed by atoms with E-state index < -0.39 is 0 Å². The Hall–Kier alpha value is -6.64. The summed E-state index contributed by atoms with van der Waals surface area (Å²) in [4.78, 5) is 2.45. The van der Waals surface area contributed by atoms with Crippen molar-refractivity contribution in [3.63, 3.8) is 0 Å². The molecule has 1 heterocycles. The molecular formula is C48H34N2. The van der Waals surface area contributed by atoms with Crippen LogP contribution in [0.4, 0.5) is 17.1 Å². The van der Waals surface area contributed by atoms with Crippen molar-refractivity contribution in [2.45, 2.75) is 0 Å². The number of nitrogens with zero attached hydrogens (tertiary/aromatic N) is 2. The topological polar surface area (TPSA) is 8.17 Å². The van der Waals surface area contributed by atoms with Gasteiger partial charge < -0.3 is 9.47 Å². The number of rotatable bonds is 7. The van der Waals surface area contributed by atoms with E-state index in [1.165, 1.54) is 55.2 Å². The first-order valence-corrected chi connectivity index (χ1v) is 17.1. The van der Waals surface area contributed by atoms with Crippen LogP contribution in [-0.4, -0.2) is 4.57 Å². The molecule has 0 aliphatic heterocycles. The van der Waals surface area contributed by atoms with Gasteiger partial charge >= 0.3 is 0 Å². The van der Waals surface area contributed by atoms with Gasteiger partial charge in [0.05, 0.1) is 22.4 Å². The molecule has 8 aromatic carbocycles. The lowest BCUT2D eigenvalue weighted by atomic mass is 9.96. The average Bonchev–Trinajstić information content (AvgIpc) is 3.55. The lowest BCUT2D eigenvalue weighted by Gasteiger charge is -2.29. The van der Waals surface area contributed by atoms with Gasteiger partial charge in [0.1, 0.15) is 0 Å². The first kappa shape index (κ1) is 29.5. The van der Waals surface area contributed by atoms with E-state index in [1.807, 2.05) is 0 Å². The molecule has 0 radical (unpaired) electrons. The van der Waals surface area contributed by atoms with Crippen LogP contribution in [0.5, 0.6) is 0 Å². The Morgan fingerprint density at radius 1 is 0.340 bits per heavy atom. The maximum atomic E-state index is 2.45. The van der Waals surface area contributed by atoms with Crippen LogP contribution < -0.4 is 4.90 Å². The quantitative estimate of drug-likeness (QED) is 0.169. The van der Waals surface area contributed by atoms with Gasteiger partial charge in [-0.25, -0.2) is 0 Å². The van der Waals surface area contributed by atoms with Crippen LogP contribution >= 0.6 is 0 Å². The molecule has 9 aromatic rings. The summed E-state index contributed by atoms with van der Waals surface area (Å²) in [7, 11) is 0. The highest BCUT2D eigenvalue weighted by Gasteiger charge is 2.23. The van der Waals surface area contributed by atoms with Crippen LogP contribution in [0.25, 0.3) is 60.9 Å². The highest BCUT2D eigenvalue weighted by Crippen LogP contribution is 2.47. The van der Waals surface area contributed by atoms with Crippen LogP contribution in [0.1, 0.15) is 0 Å². The number of hydrogen-bond donors (Lipinski definition) is 0. The molecule has 1 aromatic heterocycles. The van der Waals surface area contributed by atoms with E-state index in [2.05, 4.69) is 216 Å². The van der Waals surface area contributed by atoms with Crippen molar-refractivity contribution in [3.05, 3.63) is 206 Å². The minimum Gasteiger partial charge on any atom is -0.309 e. The van der Waals surface area contributed by atoms with Crippen molar-refractivity contribution < 1.29 is 0 Å². The predicted octanol–water partition coefficient (Wildman–Crippen LogP) is 13.3. The summed E-state index contributed by atoms with van der Waals surface area (Å²) < 4.78 is 2.39. The van der Waals surface area contributed by atoms with E-state index in [0.717, 1.165) is 22.7 Å². The molecule has 0 unspecified atom stereocenters. The number of para-hydroxylation sites is 3. The fraction of sp³-hybridized carbons (Fsp3) is 0. The van der Waals surface area contributed by atoms with Crippen molar-refractivity contribution in [3.8, 4) is 39.1 Å². The highest BCUT2D eigenvalue weighted by molar-refractivity contribution is 6.17. The monoisotopic (exact) mass is 638 g/mol. The molecule has 0 atom stereocenters. The molecule has 0 amide bonds. The van der Waals surface area contributed by atoms with Crippen LogP contribution in [0, 0.1) is 0 Å². The van der Waals surface area contributed by atoms with Gasteiger partial charge in [-0.15, -0.1) is 0 Å². The third-order valence-corrected chi connectivity index (χ3v) is 9.59. The van der Waals surface area contributed by atoms with Gasteiger partial charge in [-0.3, -0.25) is 0 Å². The zero-order valence-electron chi connectivity index (χ0n) is 27.5. The minimum atomic E-state index is 1.10. The van der Waals surface area contributed by atoms with Crippen LogP contribution in [-0.2, 0) is 0 Å². The third-order valence-electron chi connectivity index (χ3n) is 9.59. The molecule has 0 saturated carbocycles. The molecule has 0 aliphatic carbocycles. The number of fused-ring (bicyclic) bond motifs is 3. The zero-order valence-corrected chi connectivity index (χ0v) is 27.5. The fourth-order valence-electron chi connectivity index (χ4n) is 7.29. The molecule has 50 heavy (non-hydrogen) atoms. The summed E-state index contributed by atoms with van der Waals surface area (Å²) in [5.41, 5.74) is 14.0. The smallest absolute Gasteiger partial charge is 0.0562 e. The summed E-state index contributed by atoms with van der Waals surface area (Å²) >= 11 is 0. The van der Waals surface area contributed by atoms with Gasteiger partial charge in [0.25, 0.3) is 0 Å². The SMILES string of the molecule is c1ccc(-c2ccc(N(c3ccccc3-c3cccc(-c4ccccc4)c3)c3cccc4c3c3ccccc3n4-c3ccccc3)cc2)cc1. The Kier molecular flexibility index (Phi) is 7.53. The Bertz CT molecular complexity index is 2570. The first-order valence-electron chi connectivity index (χ1n) is 17.1. The van der Waals surface area contributed by atoms with E-state index in [-0.39, 0.29) is 0 Å². The Morgan fingerprint density at radius 2 is 0.860 bits per heavy atom. The van der Waals surface area contributed by atoms with Crippen LogP contribution in [0.2, 0.25) is 0 Å². The van der Waals surface area contributed by atoms with Crippen LogP contribution in [0.3, 0.4) is 0 Å². The zero-order chi connectivity index (χ0) is 33.3. The van der Waals surface area contributed by atoms with Gasteiger partial charge in [-0.2, -0.15) is 0 Å². The van der Waals surface area contributed by atoms with E-state index >= 15 is 0 Å². The van der Waals surface area contributed by atoms with E-state index in [1.54, 1.807) is 0 Å².